The van der Waals surface area contributed by atoms with Crippen LogP contribution >= 0.6 is 0 Å². The largest absolute Gasteiger partial charge is 0.497 e. The number of ether oxygens (including phenoxy) is 2. The van der Waals surface area contributed by atoms with Crippen molar-refractivity contribution in [2.75, 3.05) is 20.8 Å². The van der Waals surface area contributed by atoms with Crippen LogP contribution in [-0.4, -0.2) is 25.9 Å². The molecule has 1 atom stereocenters. The fraction of sp³-hybridized carbons (Fsp3) is 0.400. The molecular formula is C10H16NO3+. The van der Waals surface area contributed by atoms with E-state index in [9.17, 15) is 5.11 Å². The third kappa shape index (κ3) is 2.16. The van der Waals surface area contributed by atoms with Gasteiger partial charge in [0, 0.05) is 5.56 Å². The van der Waals surface area contributed by atoms with Gasteiger partial charge in [0.25, 0.3) is 0 Å². The van der Waals surface area contributed by atoms with Gasteiger partial charge in [-0.05, 0) is 18.2 Å². The summed E-state index contributed by atoms with van der Waals surface area (Å²) in [6.07, 6.45) is -0.611. The molecule has 4 N–H and O–H groups in total. The maximum Gasteiger partial charge on any atom is 0.131 e. The second kappa shape index (κ2) is 4.83. The number of hydrogen-bond acceptors (Lipinski definition) is 3. The summed E-state index contributed by atoms with van der Waals surface area (Å²) in [7, 11) is 3.16. The fourth-order valence-electron chi connectivity index (χ4n) is 1.26. The van der Waals surface area contributed by atoms with Gasteiger partial charge in [-0.1, -0.05) is 0 Å². The average molecular weight is 198 g/mol. The van der Waals surface area contributed by atoms with Crippen molar-refractivity contribution < 1.29 is 20.3 Å². The number of benzene rings is 1. The number of rotatable bonds is 4. The normalized spacial score (nSPS) is 12.3. The lowest BCUT2D eigenvalue weighted by Gasteiger charge is -2.12. The van der Waals surface area contributed by atoms with Gasteiger partial charge in [0.1, 0.15) is 24.1 Å². The Labute approximate surface area is 83.3 Å². The summed E-state index contributed by atoms with van der Waals surface area (Å²) in [6.45, 7) is 0.406. The second-order valence-corrected chi connectivity index (χ2v) is 2.91. The molecule has 0 saturated carbocycles. The monoisotopic (exact) mass is 198 g/mol. The van der Waals surface area contributed by atoms with Crippen LogP contribution in [0.5, 0.6) is 11.5 Å². The summed E-state index contributed by atoms with van der Waals surface area (Å²) in [4.78, 5) is 0. The third-order valence-electron chi connectivity index (χ3n) is 2.07. The van der Waals surface area contributed by atoms with Crippen molar-refractivity contribution in [1.82, 2.24) is 0 Å². The molecule has 0 unspecified atom stereocenters. The molecule has 1 rings (SSSR count). The van der Waals surface area contributed by atoms with E-state index >= 15 is 0 Å². The van der Waals surface area contributed by atoms with Gasteiger partial charge >= 0.3 is 0 Å². The highest BCUT2D eigenvalue weighted by molar-refractivity contribution is 5.41. The zero-order chi connectivity index (χ0) is 10.6. The van der Waals surface area contributed by atoms with Crippen LogP contribution in [0.15, 0.2) is 18.2 Å². The standard InChI is InChI=1S/C10H15NO3/c1-13-7-3-4-10(14-2)8(5-7)9(12)6-11/h3-5,9,12H,6,11H2,1-2H3/p+1/t9-/m1/s1. The number of quaternary nitrogens is 1. The van der Waals surface area contributed by atoms with Gasteiger partial charge in [-0.25, -0.2) is 0 Å². The van der Waals surface area contributed by atoms with Crippen LogP contribution in [0.4, 0.5) is 0 Å². The molecule has 0 radical (unpaired) electrons. The van der Waals surface area contributed by atoms with Gasteiger partial charge in [-0.15, -0.1) is 0 Å². The molecule has 0 bridgehead atoms. The van der Waals surface area contributed by atoms with Crippen LogP contribution in [0.1, 0.15) is 11.7 Å². The highest BCUT2D eigenvalue weighted by Crippen LogP contribution is 2.28. The first-order valence-corrected chi connectivity index (χ1v) is 4.42. The van der Waals surface area contributed by atoms with Gasteiger partial charge < -0.3 is 20.3 Å². The molecule has 0 amide bonds. The predicted octanol–water partition coefficient (Wildman–Crippen LogP) is -0.0209. The summed E-state index contributed by atoms with van der Waals surface area (Å²) in [6, 6.07) is 5.32. The topological polar surface area (TPSA) is 66.3 Å². The van der Waals surface area contributed by atoms with Crippen LogP contribution in [0, 0.1) is 0 Å². The van der Waals surface area contributed by atoms with E-state index in [1.54, 1.807) is 32.4 Å². The summed E-state index contributed by atoms with van der Waals surface area (Å²) in [5.74, 6) is 1.36. The Morgan fingerprint density at radius 3 is 2.57 bits per heavy atom. The van der Waals surface area contributed by atoms with Crippen molar-refractivity contribution in [3.05, 3.63) is 23.8 Å². The second-order valence-electron chi connectivity index (χ2n) is 2.91. The van der Waals surface area contributed by atoms with E-state index in [1.165, 1.54) is 0 Å². The first kappa shape index (κ1) is 10.8. The summed E-state index contributed by atoms with van der Waals surface area (Å²) < 4.78 is 10.2. The first-order valence-electron chi connectivity index (χ1n) is 4.42. The zero-order valence-electron chi connectivity index (χ0n) is 8.49. The molecule has 1 aromatic carbocycles. The number of hydrogen-bond donors (Lipinski definition) is 2. The molecular weight excluding hydrogens is 182 g/mol. The summed E-state index contributed by atoms with van der Waals surface area (Å²) in [5, 5.41) is 9.66. The van der Waals surface area contributed by atoms with Crippen molar-refractivity contribution in [2.45, 2.75) is 6.10 Å². The Morgan fingerprint density at radius 1 is 1.36 bits per heavy atom. The van der Waals surface area contributed by atoms with Crippen LogP contribution in [-0.2, 0) is 0 Å². The minimum absolute atomic E-state index is 0.406. The van der Waals surface area contributed by atoms with Gasteiger partial charge in [-0.3, -0.25) is 0 Å². The quantitative estimate of drug-likeness (QED) is 0.714. The number of aliphatic hydroxyl groups is 1. The predicted molar refractivity (Wildman–Crippen MR) is 52.3 cm³/mol. The van der Waals surface area contributed by atoms with Crippen molar-refractivity contribution >= 4 is 0 Å². The molecule has 0 saturated heterocycles. The first-order chi connectivity index (χ1) is 6.72. The van der Waals surface area contributed by atoms with E-state index < -0.39 is 6.10 Å². The molecule has 0 aliphatic rings. The van der Waals surface area contributed by atoms with Crippen LogP contribution in [0.3, 0.4) is 0 Å². The Bertz CT molecular complexity index is 301. The van der Waals surface area contributed by atoms with E-state index in [-0.39, 0.29) is 0 Å². The van der Waals surface area contributed by atoms with Crippen molar-refractivity contribution in [3.8, 4) is 11.5 Å². The molecule has 4 nitrogen and oxygen atoms in total. The molecule has 4 heteroatoms. The minimum Gasteiger partial charge on any atom is -0.497 e. The lowest BCUT2D eigenvalue weighted by molar-refractivity contribution is -0.385. The van der Waals surface area contributed by atoms with Gasteiger partial charge in [0.15, 0.2) is 0 Å². The molecule has 14 heavy (non-hydrogen) atoms. The fourth-order valence-corrected chi connectivity index (χ4v) is 1.26. The van der Waals surface area contributed by atoms with Gasteiger partial charge in [0.05, 0.1) is 14.2 Å². The molecule has 78 valence electrons. The molecule has 0 spiro atoms. The lowest BCUT2D eigenvalue weighted by Crippen LogP contribution is -2.52. The Morgan fingerprint density at radius 2 is 2.07 bits per heavy atom. The Kier molecular flexibility index (Phi) is 3.73. The lowest BCUT2D eigenvalue weighted by atomic mass is 10.1. The minimum atomic E-state index is -0.611. The molecule has 0 aromatic heterocycles. The van der Waals surface area contributed by atoms with E-state index in [1.807, 2.05) is 0 Å². The van der Waals surface area contributed by atoms with Crippen molar-refractivity contribution in [1.29, 1.82) is 0 Å². The van der Waals surface area contributed by atoms with Crippen molar-refractivity contribution in [3.63, 3.8) is 0 Å². The molecule has 0 heterocycles. The van der Waals surface area contributed by atoms with Crippen LogP contribution < -0.4 is 15.2 Å². The number of aliphatic hydroxyl groups excluding tert-OH is 1. The maximum absolute atomic E-state index is 9.66. The van der Waals surface area contributed by atoms with E-state index in [4.69, 9.17) is 9.47 Å². The maximum atomic E-state index is 9.66. The zero-order valence-corrected chi connectivity index (χ0v) is 8.49. The van der Waals surface area contributed by atoms with Crippen LogP contribution in [0.2, 0.25) is 0 Å². The van der Waals surface area contributed by atoms with Crippen LogP contribution in [0.25, 0.3) is 0 Å². The number of methoxy groups -OCH3 is 2. The van der Waals surface area contributed by atoms with Gasteiger partial charge in [0.2, 0.25) is 0 Å². The van der Waals surface area contributed by atoms with Crippen molar-refractivity contribution in [2.24, 2.45) is 0 Å². The smallest absolute Gasteiger partial charge is 0.131 e. The Hall–Kier alpha value is -1.26. The molecule has 0 fully saturated rings. The summed E-state index contributed by atoms with van der Waals surface area (Å²) >= 11 is 0. The van der Waals surface area contributed by atoms with E-state index in [0.29, 0.717) is 23.6 Å². The van der Waals surface area contributed by atoms with Gasteiger partial charge in [-0.2, -0.15) is 0 Å². The molecule has 0 aliphatic carbocycles. The highest BCUT2D eigenvalue weighted by Gasteiger charge is 2.14. The SMILES string of the molecule is COc1ccc(OC)c([C@H](O)C[NH3+])c1. The highest BCUT2D eigenvalue weighted by atomic mass is 16.5. The molecule has 0 aliphatic heterocycles. The average Bonchev–Trinajstić information content (AvgIpc) is 2.27. The molecule has 1 aromatic rings. The Balaban J connectivity index is 3.08. The summed E-state index contributed by atoms with van der Waals surface area (Å²) in [5.41, 5.74) is 4.36. The van der Waals surface area contributed by atoms with E-state index in [2.05, 4.69) is 5.73 Å². The third-order valence-corrected chi connectivity index (χ3v) is 2.07. The van der Waals surface area contributed by atoms with E-state index in [0.717, 1.165) is 0 Å².